The molecule has 0 aliphatic heterocycles. The highest BCUT2D eigenvalue weighted by molar-refractivity contribution is 8.00. The second-order valence-electron chi connectivity index (χ2n) is 3.97. The zero-order valence-corrected chi connectivity index (χ0v) is 13.1. The molecule has 0 fully saturated rings. The summed E-state index contributed by atoms with van der Waals surface area (Å²) in [5, 5.41) is 0. The maximum atomic E-state index is 11.9. The summed E-state index contributed by atoms with van der Waals surface area (Å²) in [6, 6.07) is 6.44. The van der Waals surface area contributed by atoms with Crippen molar-refractivity contribution in [1.29, 1.82) is 0 Å². The summed E-state index contributed by atoms with van der Waals surface area (Å²) < 4.78 is 61.5. The van der Waals surface area contributed by atoms with Crippen LogP contribution in [0.1, 0.15) is 11.1 Å². The molecule has 0 saturated carbocycles. The van der Waals surface area contributed by atoms with E-state index in [1.165, 1.54) is 0 Å². The molecule has 0 radical (unpaired) electrons. The van der Waals surface area contributed by atoms with Gasteiger partial charge in [0.05, 0.1) is 5.75 Å². The summed E-state index contributed by atoms with van der Waals surface area (Å²) in [6.45, 7) is -0.304. The molecule has 0 heterocycles. The average molecular weight is 358 g/mol. The fraction of sp³-hybridized carbons (Fsp3) is 0.364. The molecular formula is C11H13F3N2O2S3. The number of sulfonamides is 1. The molecule has 0 atom stereocenters. The molecule has 4 nitrogen and oxygen atoms in total. The van der Waals surface area contributed by atoms with Crippen LogP contribution in [-0.4, -0.2) is 31.2 Å². The fourth-order valence-electron chi connectivity index (χ4n) is 1.51. The highest BCUT2D eigenvalue weighted by Gasteiger charge is 2.27. The number of hydrogen-bond donors (Lipinski definition) is 2. The molecule has 10 heteroatoms. The molecule has 0 aliphatic rings. The van der Waals surface area contributed by atoms with Crippen LogP contribution in [0.25, 0.3) is 0 Å². The molecule has 0 unspecified atom stereocenters. The van der Waals surface area contributed by atoms with Gasteiger partial charge in [0.15, 0.2) is 0 Å². The Morgan fingerprint density at radius 1 is 1.33 bits per heavy atom. The minimum Gasteiger partial charge on any atom is -0.389 e. The van der Waals surface area contributed by atoms with Gasteiger partial charge in [-0.2, -0.15) is 13.2 Å². The Balaban J connectivity index is 2.63. The normalized spacial score (nSPS) is 12.3. The highest BCUT2D eigenvalue weighted by Crippen LogP contribution is 2.29. The quantitative estimate of drug-likeness (QED) is 0.576. The monoisotopic (exact) mass is 358 g/mol. The first kappa shape index (κ1) is 18.2. The van der Waals surface area contributed by atoms with Crippen molar-refractivity contribution in [3.63, 3.8) is 0 Å². The van der Waals surface area contributed by atoms with E-state index in [1.54, 1.807) is 24.3 Å². The van der Waals surface area contributed by atoms with Crippen LogP contribution in [0.15, 0.2) is 24.3 Å². The summed E-state index contributed by atoms with van der Waals surface area (Å²) in [5.41, 5.74) is 1.96. The maximum absolute atomic E-state index is 11.9. The molecule has 0 aromatic heterocycles. The highest BCUT2D eigenvalue weighted by atomic mass is 32.2. The number of hydrogen-bond acceptors (Lipinski definition) is 4. The Morgan fingerprint density at radius 2 is 1.95 bits per heavy atom. The third-order valence-corrected chi connectivity index (χ3v) is 4.61. The third-order valence-electron chi connectivity index (χ3n) is 2.32. The third kappa shape index (κ3) is 7.11. The Morgan fingerprint density at radius 3 is 2.52 bits per heavy atom. The Kier molecular flexibility index (Phi) is 6.44. The second kappa shape index (κ2) is 7.43. The largest absolute Gasteiger partial charge is 0.441 e. The van der Waals surface area contributed by atoms with Crippen molar-refractivity contribution in [2.45, 2.75) is 11.3 Å². The molecule has 118 valence electrons. The number of alkyl halides is 3. The van der Waals surface area contributed by atoms with E-state index in [9.17, 15) is 21.6 Å². The minimum absolute atomic E-state index is 0.0634. The van der Waals surface area contributed by atoms with Gasteiger partial charge in [-0.05, 0) is 17.3 Å². The van der Waals surface area contributed by atoms with Crippen molar-refractivity contribution in [3.8, 4) is 0 Å². The number of thiocarbonyl (C=S) groups is 1. The van der Waals surface area contributed by atoms with Crippen LogP contribution in [0.5, 0.6) is 0 Å². The van der Waals surface area contributed by atoms with Crippen LogP contribution >= 0.6 is 24.0 Å². The van der Waals surface area contributed by atoms with Gasteiger partial charge in [0.1, 0.15) is 4.99 Å². The standard InChI is InChI=1S/C11H13F3N2O2S3/c12-11(13,14)20-6-5-16-21(17,18)7-8-3-1-2-4-9(8)10(15)19/h1-4,16H,5-7H2,(H2,15,19). The van der Waals surface area contributed by atoms with Crippen molar-refractivity contribution in [2.24, 2.45) is 5.73 Å². The second-order valence-corrected chi connectivity index (χ2v) is 7.38. The van der Waals surface area contributed by atoms with Gasteiger partial charge in [-0.1, -0.05) is 36.5 Å². The van der Waals surface area contributed by atoms with E-state index in [0.717, 1.165) is 0 Å². The number of halogens is 3. The number of nitrogens with one attached hydrogen (secondary N) is 1. The molecule has 21 heavy (non-hydrogen) atoms. The van der Waals surface area contributed by atoms with E-state index in [0.29, 0.717) is 11.1 Å². The SMILES string of the molecule is NC(=S)c1ccccc1CS(=O)(=O)NCCSC(F)(F)F. The Labute approximate surface area is 130 Å². The van der Waals surface area contributed by atoms with Gasteiger partial charge < -0.3 is 5.73 Å². The molecule has 0 spiro atoms. The van der Waals surface area contributed by atoms with Crippen molar-refractivity contribution < 1.29 is 21.6 Å². The summed E-state index contributed by atoms with van der Waals surface area (Å²) >= 11 is 4.54. The van der Waals surface area contributed by atoms with Crippen molar-refractivity contribution >= 4 is 39.0 Å². The zero-order valence-electron chi connectivity index (χ0n) is 10.7. The van der Waals surface area contributed by atoms with E-state index in [1.807, 2.05) is 0 Å². The van der Waals surface area contributed by atoms with Gasteiger partial charge in [0, 0.05) is 17.9 Å². The predicted octanol–water partition coefficient (Wildman–Crippen LogP) is 1.99. The summed E-state index contributed by atoms with van der Waals surface area (Å²) in [4.78, 5) is 0.0634. The molecule has 0 bridgehead atoms. The number of thioether (sulfide) groups is 1. The Bertz CT molecular complexity index is 603. The molecule has 1 aromatic carbocycles. The Hall–Kier alpha value is -0.840. The summed E-state index contributed by atoms with van der Waals surface area (Å²) in [7, 11) is -3.75. The van der Waals surface area contributed by atoms with Crippen molar-refractivity contribution in [1.82, 2.24) is 4.72 Å². The molecule has 1 aromatic rings. The van der Waals surface area contributed by atoms with Gasteiger partial charge in [0.2, 0.25) is 10.0 Å². The lowest BCUT2D eigenvalue weighted by Crippen LogP contribution is -2.28. The lowest BCUT2D eigenvalue weighted by molar-refractivity contribution is -0.0327. The smallest absolute Gasteiger partial charge is 0.389 e. The number of nitrogens with two attached hydrogens (primary N) is 1. The van der Waals surface area contributed by atoms with E-state index in [4.69, 9.17) is 18.0 Å². The van der Waals surface area contributed by atoms with E-state index < -0.39 is 21.3 Å². The van der Waals surface area contributed by atoms with Crippen LogP contribution in [-0.2, 0) is 15.8 Å². The van der Waals surface area contributed by atoms with E-state index in [2.05, 4.69) is 4.72 Å². The number of rotatable bonds is 7. The zero-order chi connectivity index (χ0) is 16.1. The average Bonchev–Trinajstić information content (AvgIpc) is 2.33. The first-order valence-electron chi connectivity index (χ1n) is 5.66. The molecule has 0 aliphatic carbocycles. The lowest BCUT2D eigenvalue weighted by atomic mass is 10.1. The van der Waals surface area contributed by atoms with Gasteiger partial charge in [-0.15, -0.1) is 0 Å². The predicted molar refractivity (Wildman–Crippen MR) is 81.5 cm³/mol. The van der Waals surface area contributed by atoms with Crippen LogP contribution in [0, 0.1) is 0 Å². The summed E-state index contributed by atoms with van der Waals surface area (Å²) in [5.74, 6) is -0.781. The van der Waals surface area contributed by atoms with Crippen LogP contribution < -0.4 is 10.5 Å². The maximum Gasteiger partial charge on any atom is 0.441 e. The molecular weight excluding hydrogens is 345 g/mol. The van der Waals surface area contributed by atoms with Crippen LogP contribution in [0.2, 0.25) is 0 Å². The molecule has 1 rings (SSSR count). The molecule has 0 saturated heterocycles. The topological polar surface area (TPSA) is 72.2 Å². The van der Waals surface area contributed by atoms with Gasteiger partial charge in [0.25, 0.3) is 0 Å². The van der Waals surface area contributed by atoms with E-state index in [-0.39, 0.29) is 29.0 Å². The number of benzene rings is 1. The summed E-state index contributed by atoms with van der Waals surface area (Å²) in [6.07, 6.45) is 0. The minimum atomic E-state index is -4.37. The lowest BCUT2D eigenvalue weighted by Gasteiger charge is -2.10. The first-order chi connectivity index (χ1) is 9.61. The van der Waals surface area contributed by atoms with Crippen LogP contribution in [0.3, 0.4) is 0 Å². The van der Waals surface area contributed by atoms with Gasteiger partial charge in [-0.3, -0.25) is 0 Å². The van der Waals surface area contributed by atoms with E-state index >= 15 is 0 Å². The molecule has 3 N–H and O–H groups in total. The molecule has 0 amide bonds. The van der Waals surface area contributed by atoms with Gasteiger partial charge >= 0.3 is 5.51 Å². The van der Waals surface area contributed by atoms with Gasteiger partial charge in [-0.25, -0.2) is 13.1 Å². The van der Waals surface area contributed by atoms with Crippen molar-refractivity contribution in [2.75, 3.05) is 12.3 Å². The van der Waals surface area contributed by atoms with Crippen molar-refractivity contribution in [3.05, 3.63) is 35.4 Å². The fourth-order valence-corrected chi connectivity index (χ4v) is 3.45. The van der Waals surface area contributed by atoms with Crippen LogP contribution in [0.4, 0.5) is 13.2 Å². The first-order valence-corrected chi connectivity index (χ1v) is 8.71.